The average molecular weight is 324 g/mol. The van der Waals surface area contributed by atoms with Crippen LogP contribution >= 0.6 is 0 Å². The van der Waals surface area contributed by atoms with Crippen LogP contribution in [-0.2, 0) is 16.1 Å². The number of carbonyl (C=O) groups is 2. The van der Waals surface area contributed by atoms with Crippen molar-refractivity contribution in [3.8, 4) is 0 Å². The van der Waals surface area contributed by atoms with Crippen LogP contribution in [0.4, 0.5) is 11.5 Å². The molecule has 1 atom stereocenters. The number of para-hydroxylation sites is 1. The number of pyridine rings is 1. The summed E-state index contributed by atoms with van der Waals surface area (Å²) in [5.41, 5.74) is 2.54. The van der Waals surface area contributed by atoms with Crippen molar-refractivity contribution < 1.29 is 9.59 Å². The highest BCUT2D eigenvalue weighted by Gasteiger charge is 2.30. The van der Waals surface area contributed by atoms with E-state index in [4.69, 9.17) is 0 Å². The first kappa shape index (κ1) is 16.0. The molecule has 0 saturated carbocycles. The van der Waals surface area contributed by atoms with Gasteiger partial charge < -0.3 is 15.5 Å². The third-order valence-corrected chi connectivity index (χ3v) is 4.05. The predicted molar refractivity (Wildman–Crippen MR) is 92.8 cm³/mol. The van der Waals surface area contributed by atoms with Gasteiger partial charge in [-0.25, -0.2) is 4.98 Å². The van der Waals surface area contributed by atoms with Gasteiger partial charge in [0.2, 0.25) is 11.8 Å². The van der Waals surface area contributed by atoms with Gasteiger partial charge in [0.25, 0.3) is 0 Å². The number of nitrogens with one attached hydrogen (secondary N) is 2. The van der Waals surface area contributed by atoms with Crippen molar-refractivity contribution in [2.45, 2.75) is 18.9 Å². The zero-order valence-electron chi connectivity index (χ0n) is 13.7. The third kappa shape index (κ3) is 3.37. The molecule has 2 heterocycles. The summed E-state index contributed by atoms with van der Waals surface area (Å²) in [5.74, 6) is 0.113. The van der Waals surface area contributed by atoms with Crippen LogP contribution in [0.1, 0.15) is 23.5 Å². The second kappa shape index (κ2) is 6.70. The van der Waals surface area contributed by atoms with Crippen molar-refractivity contribution >= 4 is 23.3 Å². The Kier molecular flexibility index (Phi) is 4.46. The van der Waals surface area contributed by atoms with E-state index in [2.05, 4.69) is 15.6 Å². The molecule has 0 spiro atoms. The monoisotopic (exact) mass is 324 g/mol. The molecule has 2 aromatic rings. The second-order valence-corrected chi connectivity index (χ2v) is 6.03. The molecular weight excluding hydrogens is 304 g/mol. The van der Waals surface area contributed by atoms with Gasteiger partial charge in [0.05, 0.1) is 5.92 Å². The van der Waals surface area contributed by atoms with Crippen molar-refractivity contribution in [2.75, 3.05) is 24.3 Å². The van der Waals surface area contributed by atoms with E-state index in [9.17, 15) is 9.59 Å². The fraction of sp³-hybridized carbons (Fsp3) is 0.278. The first-order chi connectivity index (χ1) is 11.5. The van der Waals surface area contributed by atoms with E-state index in [1.165, 1.54) is 0 Å². The van der Waals surface area contributed by atoms with Gasteiger partial charge in [-0.05, 0) is 29.3 Å². The summed E-state index contributed by atoms with van der Waals surface area (Å²) in [6.07, 6.45) is 1.89. The Labute approximate surface area is 140 Å². The molecule has 0 bridgehead atoms. The van der Waals surface area contributed by atoms with Gasteiger partial charge >= 0.3 is 0 Å². The maximum atomic E-state index is 12.6. The normalized spacial score (nSPS) is 16.1. The number of fused-ring (bicyclic) bond motifs is 1. The SMILES string of the molecule is CN(C)c1cc(CNC(=O)C2CC(=O)Nc3ccccc32)ccn1. The molecule has 1 aliphatic heterocycles. The summed E-state index contributed by atoms with van der Waals surface area (Å²) >= 11 is 0. The van der Waals surface area contributed by atoms with Crippen molar-refractivity contribution in [3.63, 3.8) is 0 Å². The van der Waals surface area contributed by atoms with Crippen LogP contribution < -0.4 is 15.5 Å². The largest absolute Gasteiger partial charge is 0.363 e. The van der Waals surface area contributed by atoms with Gasteiger partial charge in [0.15, 0.2) is 0 Å². The predicted octanol–water partition coefficient (Wildman–Crippen LogP) is 1.89. The minimum absolute atomic E-state index is 0.132. The lowest BCUT2D eigenvalue weighted by Gasteiger charge is -2.24. The van der Waals surface area contributed by atoms with Crippen LogP contribution in [0.5, 0.6) is 0 Å². The topological polar surface area (TPSA) is 74.3 Å². The van der Waals surface area contributed by atoms with Gasteiger partial charge in [0.1, 0.15) is 5.82 Å². The van der Waals surface area contributed by atoms with E-state index in [0.29, 0.717) is 12.2 Å². The van der Waals surface area contributed by atoms with Gasteiger partial charge in [0, 0.05) is 38.9 Å². The van der Waals surface area contributed by atoms with Crippen LogP contribution in [0.3, 0.4) is 0 Å². The quantitative estimate of drug-likeness (QED) is 0.901. The average Bonchev–Trinajstić information content (AvgIpc) is 2.59. The Morgan fingerprint density at radius 1 is 1.33 bits per heavy atom. The van der Waals surface area contributed by atoms with Crippen LogP contribution in [0.25, 0.3) is 0 Å². The zero-order chi connectivity index (χ0) is 17.1. The smallest absolute Gasteiger partial charge is 0.228 e. The third-order valence-electron chi connectivity index (χ3n) is 4.05. The molecule has 1 aromatic heterocycles. The molecule has 6 nitrogen and oxygen atoms in total. The summed E-state index contributed by atoms with van der Waals surface area (Å²) in [6.45, 7) is 0.405. The molecule has 1 unspecified atom stereocenters. The van der Waals surface area contributed by atoms with E-state index >= 15 is 0 Å². The summed E-state index contributed by atoms with van der Waals surface area (Å²) < 4.78 is 0. The summed E-state index contributed by atoms with van der Waals surface area (Å²) in [4.78, 5) is 30.6. The standard InChI is InChI=1S/C18H20N4O2/c1-22(2)16-9-12(7-8-19-16)11-20-18(24)14-10-17(23)21-15-6-4-3-5-13(14)15/h3-9,14H,10-11H2,1-2H3,(H,20,24)(H,21,23). The van der Waals surface area contributed by atoms with Gasteiger partial charge in [-0.3, -0.25) is 9.59 Å². The molecule has 1 aromatic carbocycles. The van der Waals surface area contributed by atoms with E-state index in [-0.39, 0.29) is 18.2 Å². The molecule has 0 saturated heterocycles. The minimum atomic E-state index is -0.454. The number of nitrogens with zero attached hydrogens (tertiary/aromatic N) is 2. The Balaban J connectivity index is 1.72. The fourth-order valence-corrected chi connectivity index (χ4v) is 2.77. The number of amides is 2. The van der Waals surface area contributed by atoms with Crippen LogP contribution in [-0.4, -0.2) is 30.9 Å². The molecule has 3 rings (SSSR count). The highest BCUT2D eigenvalue weighted by Crippen LogP contribution is 2.32. The van der Waals surface area contributed by atoms with E-state index in [1.807, 2.05) is 55.4 Å². The highest BCUT2D eigenvalue weighted by molar-refractivity contribution is 6.01. The summed E-state index contributed by atoms with van der Waals surface area (Å²) in [7, 11) is 3.84. The Morgan fingerprint density at radius 2 is 2.12 bits per heavy atom. The molecule has 6 heteroatoms. The molecular formula is C18H20N4O2. The first-order valence-electron chi connectivity index (χ1n) is 7.83. The highest BCUT2D eigenvalue weighted by atomic mass is 16.2. The molecule has 0 radical (unpaired) electrons. The summed E-state index contributed by atoms with van der Waals surface area (Å²) in [6, 6.07) is 11.2. The van der Waals surface area contributed by atoms with Crippen LogP contribution in [0.2, 0.25) is 0 Å². The number of aromatic nitrogens is 1. The molecule has 2 amide bonds. The van der Waals surface area contributed by atoms with Crippen molar-refractivity contribution in [1.82, 2.24) is 10.3 Å². The number of carbonyl (C=O) groups excluding carboxylic acids is 2. The van der Waals surface area contributed by atoms with Crippen molar-refractivity contribution in [1.29, 1.82) is 0 Å². The Morgan fingerprint density at radius 3 is 2.92 bits per heavy atom. The lowest BCUT2D eigenvalue weighted by Crippen LogP contribution is -2.34. The molecule has 24 heavy (non-hydrogen) atoms. The van der Waals surface area contributed by atoms with Gasteiger partial charge in [-0.15, -0.1) is 0 Å². The fourth-order valence-electron chi connectivity index (χ4n) is 2.77. The maximum absolute atomic E-state index is 12.6. The van der Waals surface area contributed by atoms with Gasteiger partial charge in [-0.1, -0.05) is 18.2 Å². The van der Waals surface area contributed by atoms with E-state index in [1.54, 1.807) is 6.20 Å². The number of rotatable bonds is 4. The Hall–Kier alpha value is -2.89. The zero-order valence-corrected chi connectivity index (χ0v) is 13.7. The Bertz CT molecular complexity index is 773. The molecule has 124 valence electrons. The lowest BCUT2D eigenvalue weighted by molar-refractivity contribution is -0.126. The maximum Gasteiger partial charge on any atom is 0.228 e. The molecule has 2 N–H and O–H groups in total. The van der Waals surface area contributed by atoms with Crippen LogP contribution in [0, 0.1) is 0 Å². The minimum Gasteiger partial charge on any atom is -0.363 e. The van der Waals surface area contributed by atoms with Crippen LogP contribution in [0.15, 0.2) is 42.6 Å². The van der Waals surface area contributed by atoms with E-state index in [0.717, 1.165) is 16.9 Å². The molecule has 1 aliphatic rings. The lowest BCUT2D eigenvalue weighted by atomic mass is 9.90. The van der Waals surface area contributed by atoms with E-state index < -0.39 is 5.92 Å². The summed E-state index contributed by atoms with van der Waals surface area (Å²) in [5, 5.41) is 5.74. The van der Waals surface area contributed by atoms with Crippen molar-refractivity contribution in [3.05, 3.63) is 53.7 Å². The number of hydrogen-bond donors (Lipinski definition) is 2. The molecule has 0 fully saturated rings. The molecule has 0 aliphatic carbocycles. The second-order valence-electron chi connectivity index (χ2n) is 6.03. The van der Waals surface area contributed by atoms with Gasteiger partial charge in [-0.2, -0.15) is 0 Å². The number of benzene rings is 1. The first-order valence-corrected chi connectivity index (χ1v) is 7.83. The van der Waals surface area contributed by atoms with Crippen molar-refractivity contribution in [2.24, 2.45) is 0 Å². The number of anilines is 2. The number of hydrogen-bond acceptors (Lipinski definition) is 4.